The lowest BCUT2D eigenvalue weighted by Gasteiger charge is -1.87. The molecule has 60 valence electrons. The van der Waals surface area contributed by atoms with E-state index in [1.165, 1.54) is 0 Å². The number of imidazole rings is 1. The molecule has 2 nitrogen and oxygen atoms in total. The van der Waals surface area contributed by atoms with Gasteiger partial charge in [-0.2, -0.15) is 0 Å². The topological polar surface area (TPSA) is 17.8 Å². The normalized spacial score (nSPS) is 7.91. The number of hydrogen-bond donors (Lipinski definition) is 1. The van der Waals surface area contributed by atoms with Crippen molar-refractivity contribution in [3.8, 4) is 11.8 Å². The molecule has 0 aromatic carbocycles. The molecule has 0 saturated carbocycles. The van der Waals surface area contributed by atoms with Crippen LogP contribution in [0.2, 0.25) is 0 Å². The number of thiol groups is 1. The highest BCUT2D eigenvalue weighted by atomic mass is 79.9. The molecule has 1 aromatic rings. The minimum Gasteiger partial charge on any atom is -0.326 e. The number of rotatable bonds is 0. The Bertz CT molecular complexity index is 295. The third kappa shape index (κ3) is 2.60. The molecule has 1 aromatic heterocycles. The smallest absolute Gasteiger partial charge is 0.186 e. The van der Waals surface area contributed by atoms with Gasteiger partial charge in [-0.3, -0.25) is 0 Å². The molecule has 0 spiro atoms. The maximum atomic E-state index is 4.07. The van der Waals surface area contributed by atoms with Crippen molar-refractivity contribution in [2.24, 2.45) is 7.05 Å². The summed E-state index contributed by atoms with van der Waals surface area (Å²) in [6, 6.07) is 0. The van der Waals surface area contributed by atoms with E-state index in [9.17, 15) is 0 Å². The van der Waals surface area contributed by atoms with Crippen LogP contribution in [0.15, 0.2) is 11.2 Å². The number of hydrogen-bond acceptors (Lipinski definition) is 2. The van der Waals surface area contributed by atoms with Crippen LogP contribution in [0, 0.1) is 11.8 Å². The van der Waals surface area contributed by atoms with Gasteiger partial charge in [-0.15, -0.1) is 29.6 Å². The van der Waals surface area contributed by atoms with E-state index in [1.807, 2.05) is 17.8 Å². The summed E-state index contributed by atoms with van der Waals surface area (Å²) in [5.41, 5.74) is 0. The van der Waals surface area contributed by atoms with Crippen LogP contribution in [0.1, 0.15) is 12.7 Å². The molecular weight excluding hydrogens is 224 g/mol. The first-order valence-corrected chi connectivity index (χ1v) is 3.34. The van der Waals surface area contributed by atoms with Crippen molar-refractivity contribution >= 4 is 29.6 Å². The standard InChI is InChI=1S/C7H8N2S.BrH/c1-3-4-6-8-7(10)5-9(6)2;/h5,10H,1-2H3;1H. The highest BCUT2D eigenvalue weighted by Crippen LogP contribution is 2.02. The average molecular weight is 233 g/mol. The fraction of sp³-hybridized carbons (Fsp3) is 0.286. The largest absolute Gasteiger partial charge is 0.326 e. The molecule has 0 N–H and O–H groups in total. The summed E-state index contributed by atoms with van der Waals surface area (Å²) in [6.45, 7) is 1.78. The monoisotopic (exact) mass is 232 g/mol. The van der Waals surface area contributed by atoms with Crippen LogP contribution in [0.5, 0.6) is 0 Å². The first-order chi connectivity index (χ1) is 4.74. The number of aromatic nitrogens is 2. The van der Waals surface area contributed by atoms with Gasteiger partial charge < -0.3 is 4.57 Å². The fourth-order valence-electron chi connectivity index (χ4n) is 0.679. The van der Waals surface area contributed by atoms with E-state index >= 15 is 0 Å². The van der Waals surface area contributed by atoms with Crippen molar-refractivity contribution in [2.75, 3.05) is 0 Å². The Labute approximate surface area is 82.2 Å². The lowest BCUT2D eigenvalue weighted by molar-refractivity contribution is 0.893. The summed E-state index contributed by atoms with van der Waals surface area (Å²) in [4.78, 5) is 4.05. The Morgan fingerprint density at radius 2 is 2.27 bits per heavy atom. The molecule has 1 rings (SSSR count). The third-order valence-electron chi connectivity index (χ3n) is 1.10. The molecule has 0 aliphatic carbocycles. The Morgan fingerprint density at radius 1 is 1.64 bits per heavy atom. The van der Waals surface area contributed by atoms with E-state index in [0.717, 1.165) is 5.82 Å². The molecule has 0 fully saturated rings. The van der Waals surface area contributed by atoms with Crippen molar-refractivity contribution < 1.29 is 0 Å². The second-order valence-electron chi connectivity index (χ2n) is 1.91. The second-order valence-corrected chi connectivity index (χ2v) is 2.37. The first-order valence-electron chi connectivity index (χ1n) is 2.89. The van der Waals surface area contributed by atoms with Crippen LogP contribution in [-0.2, 0) is 7.05 Å². The predicted octanol–water partition coefficient (Wildman–Crippen LogP) is 1.66. The molecule has 11 heavy (non-hydrogen) atoms. The van der Waals surface area contributed by atoms with Crippen molar-refractivity contribution in [2.45, 2.75) is 11.9 Å². The van der Waals surface area contributed by atoms with Gasteiger partial charge in [-0.25, -0.2) is 4.98 Å². The summed E-state index contributed by atoms with van der Waals surface area (Å²) in [6.07, 6.45) is 1.82. The van der Waals surface area contributed by atoms with Gasteiger partial charge in [0.2, 0.25) is 0 Å². The maximum absolute atomic E-state index is 4.07. The molecule has 0 radical (unpaired) electrons. The highest BCUT2D eigenvalue weighted by molar-refractivity contribution is 8.93. The van der Waals surface area contributed by atoms with Gasteiger partial charge in [-0.1, -0.05) is 5.92 Å². The van der Waals surface area contributed by atoms with Crippen LogP contribution in [0.25, 0.3) is 0 Å². The third-order valence-corrected chi connectivity index (χ3v) is 1.32. The van der Waals surface area contributed by atoms with Crippen LogP contribution in [-0.4, -0.2) is 9.55 Å². The number of halogens is 1. The molecule has 0 saturated heterocycles. The average Bonchev–Trinajstić information content (AvgIpc) is 2.13. The molecular formula is C7H9BrN2S. The van der Waals surface area contributed by atoms with Gasteiger partial charge in [-0.05, 0) is 12.8 Å². The van der Waals surface area contributed by atoms with Crippen LogP contribution in [0.3, 0.4) is 0 Å². The second kappa shape index (κ2) is 4.47. The minimum atomic E-state index is 0. The van der Waals surface area contributed by atoms with Crippen molar-refractivity contribution in [1.82, 2.24) is 9.55 Å². The van der Waals surface area contributed by atoms with Gasteiger partial charge in [0.25, 0.3) is 0 Å². The SMILES string of the molecule is Br.CC#Cc1nc(S)cn1C. The highest BCUT2D eigenvalue weighted by Gasteiger charge is 1.96. The summed E-state index contributed by atoms with van der Waals surface area (Å²) < 4.78 is 1.85. The van der Waals surface area contributed by atoms with E-state index in [2.05, 4.69) is 29.5 Å². The van der Waals surface area contributed by atoms with Gasteiger partial charge >= 0.3 is 0 Å². The molecule has 0 aliphatic rings. The van der Waals surface area contributed by atoms with Gasteiger partial charge in [0.05, 0.1) is 0 Å². The molecule has 0 unspecified atom stereocenters. The molecule has 0 aliphatic heterocycles. The molecule has 0 atom stereocenters. The Hall–Kier alpha value is -0.400. The predicted molar refractivity (Wildman–Crippen MR) is 53.3 cm³/mol. The lowest BCUT2D eigenvalue weighted by atomic mass is 10.6. The zero-order valence-corrected chi connectivity index (χ0v) is 8.93. The fourth-order valence-corrected chi connectivity index (χ4v) is 0.946. The van der Waals surface area contributed by atoms with Crippen LogP contribution < -0.4 is 0 Å². The lowest BCUT2D eigenvalue weighted by Crippen LogP contribution is -1.89. The van der Waals surface area contributed by atoms with E-state index in [-0.39, 0.29) is 17.0 Å². The maximum Gasteiger partial charge on any atom is 0.186 e. The van der Waals surface area contributed by atoms with Crippen molar-refractivity contribution in [3.63, 3.8) is 0 Å². The quantitative estimate of drug-likeness (QED) is 0.533. The Balaban J connectivity index is 0.000001000. The van der Waals surface area contributed by atoms with Crippen molar-refractivity contribution in [1.29, 1.82) is 0 Å². The summed E-state index contributed by atoms with van der Waals surface area (Å²) in [5.74, 6) is 6.38. The Kier molecular flexibility index (Phi) is 4.31. The summed E-state index contributed by atoms with van der Waals surface area (Å²) >= 11 is 4.07. The minimum absolute atomic E-state index is 0. The first kappa shape index (κ1) is 10.6. The zero-order valence-electron chi connectivity index (χ0n) is 6.33. The van der Waals surface area contributed by atoms with Crippen LogP contribution in [0.4, 0.5) is 0 Å². The number of nitrogens with zero attached hydrogens (tertiary/aromatic N) is 2. The molecule has 1 heterocycles. The van der Waals surface area contributed by atoms with E-state index < -0.39 is 0 Å². The molecule has 0 amide bonds. The van der Waals surface area contributed by atoms with Gasteiger partial charge in [0, 0.05) is 13.2 Å². The van der Waals surface area contributed by atoms with Crippen molar-refractivity contribution in [3.05, 3.63) is 12.0 Å². The van der Waals surface area contributed by atoms with Crippen LogP contribution >= 0.6 is 29.6 Å². The van der Waals surface area contributed by atoms with E-state index in [1.54, 1.807) is 6.92 Å². The van der Waals surface area contributed by atoms with Gasteiger partial charge in [0.1, 0.15) is 5.03 Å². The zero-order chi connectivity index (χ0) is 7.56. The molecule has 0 bridgehead atoms. The van der Waals surface area contributed by atoms with E-state index in [4.69, 9.17) is 0 Å². The Morgan fingerprint density at radius 3 is 2.64 bits per heavy atom. The summed E-state index contributed by atoms with van der Waals surface area (Å²) in [5, 5.41) is 0.709. The molecule has 4 heteroatoms. The van der Waals surface area contributed by atoms with E-state index in [0.29, 0.717) is 5.03 Å². The number of aryl methyl sites for hydroxylation is 1. The summed E-state index contributed by atoms with van der Waals surface area (Å²) in [7, 11) is 1.90. The van der Waals surface area contributed by atoms with Gasteiger partial charge in [0.15, 0.2) is 5.82 Å².